The Labute approximate surface area is 114 Å². The molecule has 19 heavy (non-hydrogen) atoms. The van der Waals surface area contributed by atoms with Crippen molar-refractivity contribution in [3.8, 4) is 0 Å². The molecule has 1 saturated carbocycles. The Morgan fingerprint density at radius 1 is 1.42 bits per heavy atom. The van der Waals surface area contributed by atoms with E-state index < -0.39 is 0 Å². The first-order valence-corrected chi connectivity index (χ1v) is 7.29. The minimum Gasteiger partial charge on any atom is -0.327 e. The SMILES string of the molecule is CC(C)Cn1c(C2CC2C)nc2cc(CN)ccc21. The Hall–Kier alpha value is -1.35. The maximum atomic E-state index is 5.73. The summed E-state index contributed by atoms with van der Waals surface area (Å²) < 4.78 is 2.43. The molecule has 2 atom stereocenters. The summed E-state index contributed by atoms with van der Waals surface area (Å²) in [4.78, 5) is 4.89. The van der Waals surface area contributed by atoms with Gasteiger partial charge in [0.2, 0.25) is 0 Å². The molecule has 2 aromatic rings. The van der Waals surface area contributed by atoms with Crippen molar-refractivity contribution in [2.24, 2.45) is 17.6 Å². The molecular weight excluding hydrogens is 234 g/mol. The van der Waals surface area contributed by atoms with Gasteiger partial charge in [-0.2, -0.15) is 0 Å². The molecule has 2 unspecified atom stereocenters. The van der Waals surface area contributed by atoms with E-state index in [4.69, 9.17) is 10.7 Å². The zero-order valence-corrected chi connectivity index (χ0v) is 12.1. The van der Waals surface area contributed by atoms with Crippen LogP contribution in [0.5, 0.6) is 0 Å². The molecule has 0 aliphatic heterocycles. The lowest BCUT2D eigenvalue weighted by Crippen LogP contribution is -2.08. The summed E-state index contributed by atoms with van der Waals surface area (Å²) in [5.74, 6) is 3.37. The van der Waals surface area contributed by atoms with Gasteiger partial charge in [0.05, 0.1) is 11.0 Å². The van der Waals surface area contributed by atoms with Crippen LogP contribution in [0.1, 0.15) is 44.5 Å². The maximum absolute atomic E-state index is 5.73. The van der Waals surface area contributed by atoms with Crippen LogP contribution in [0.15, 0.2) is 18.2 Å². The Morgan fingerprint density at radius 2 is 2.16 bits per heavy atom. The Kier molecular flexibility index (Phi) is 3.09. The Balaban J connectivity index is 2.11. The highest BCUT2D eigenvalue weighted by molar-refractivity contribution is 5.77. The van der Waals surface area contributed by atoms with Crippen molar-refractivity contribution >= 4 is 11.0 Å². The maximum Gasteiger partial charge on any atom is 0.113 e. The normalized spacial score (nSPS) is 22.4. The third kappa shape index (κ3) is 2.27. The van der Waals surface area contributed by atoms with E-state index in [0.29, 0.717) is 18.4 Å². The first kappa shape index (κ1) is 12.7. The second-order valence-corrected chi connectivity index (χ2v) is 6.32. The van der Waals surface area contributed by atoms with Crippen LogP contribution in [0.3, 0.4) is 0 Å². The highest BCUT2D eigenvalue weighted by Gasteiger charge is 2.38. The van der Waals surface area contributed by atoms with Gasteiger partial charge in [-0.25, -0.2) is 4.98 Å². The molecule has 1 aromatic heterocycles. The molecule has 0 amide bonds. The number of rotatable bonds is 4. The summed E-state index contributed by atoms with van der Waals surface area (Å²) in [6.07, 6.45) is 1.28. The van der Waals surface area contributed by atoms with Crippen LogP contribution < -0.4 is 5.73 Å². The van der Waals surface area contributed by atoms with Crippen molar-refractivity contribution in [2.45, 2.75) is 46.2 Å². The molecule has 3 rings (SSSR count). The van der Waals surface area contributed by atoms with Crippen molar-refractivity contribution in [2.75, 3.05) is 0 Å². The monoisotopic (exact) mass is 257 g/mol. The van der Waals surface area contributed by atoms with E-state index in [9.17, 15) is 0 Å². The van der Waals surface area contributed by atoms with Crippen LogP contribution in [0.2, 0.25) is 0 Å². The summed E-state index contributed by atoms with van der Waals surface area (Å²) in [6, 6.07) is 6.45. The zero-order chi connectivity index (χ0) is 13.6. The smallest absolute Gasteiger partial charge is 0.113 e. The van der Waals surface area contributed by atoms with Gasteiger partial charge in [-0.3, -0.25) is 0 Å². The van der Waals surface area contributed by atoms with Gasteiger partial charge in [-0.05, 0) is 36.0 Å². The molecule has 0 saturated heterocycles. The molecule has 0 radical (unpaired) electrons. The fraction of sp³-hybridized carbons (Fsp3) is 0.562. The molecule has 1 heterocycles. The second kappa shape index (κ2) is 4.64. The average Bonchev–Trinajstić information content (AvgIpc) is 2.99. The van der Waals surface area contributed by atoms with Crippen molar-refractivity contribution in [1.82, 2.24) is 9.55 Å². The van der Waals surface area contributed by atoms with Crippen LogP contribution >= 0.6 is 0 Å². The molecule has 0 bridgehead atoms. The number of imidazole rings is 1. The van der Waals surface area contributed by atoms with Crippen molar-refractivity contribution in [1.29, 1.82) is 0 Å². The molecule has 2 N–H and O–H groups in total. The highest BCUT2D eigenvalue weighted by atomic mass is 15.1. The van der Waals surface area contributed by atoms with Crippen molar-refractivity contribution < 1.29 is 0 Å². The standard InChI is InChI=1S/C16H23N3/c1-10(2)9-19-15-5-4-12(8-17)7-14(15)18-16(19)13-6-11(13)3/h4-5,7,10-11,13H,6,8-9,17H2,1-3H3. The second-order valence-electron chi connectivity index (χ2n) is 6.32. The lowest BCUT2D eigenvalue weighted by Gasteiger charge is -2.11. The van der Waals surface area contributed by atoms with E-state index >= 15 is 0 Å². The van der Waals surface area contributed by atoms with Gasteiger partial charge in [-0.1, -0.05) is 26.8 Å². The number of nitrogens with zero attached hydrogens (tertiary/aromatic N) is 2. The lowest BCUT2D eigenvalue weighted by atomic mass is 10.2. The Morgan fingerprint density at radius 3 is 2.74 bits per heavy atom. The number of aromatic nitrogens is 2. The van der Waals surface area contributed by atoms with Gasteiger partial charge in [-0.15, -0.1) is 0 Å². The van der Waals surface area contributed by atoms with Gasteiger partial charge < -0.3 is 10.3 Å². The number of hydrogen-bond donors (Lipinski definition) is 1. The van der Waals surface area contributed by atoms with Gasteiger partial charge in [0.25, 0.3) is 0 Å². The van der Waals surface area contributed by atoms with Crippen LogP contribution in [0.4, 0.5) is 0 Å². The Bertz CT molecular complexity index is 597. The topological polar surface area (TPSA) is 43.8 Å². The number of benzene rings is 1. The van der Waals surface area contributed by atoms with Gasteiger partial charge >= 0.3 is 0 Å². The molecule has 0 spiro atoms. The van der Waals surface area contributed by atoms with Gasteiger partial charge in [0.15, 0.2) is 0 Å². The van der Waals surface area contributed by atoms with Crippen molar-refractivity contribution in [3.63, 3.8) is 0 Å². The zero-order valence-electron chi connectivity index (χ0n) is 12.1. The largest absolute Gasteiger partial charge is 0.327 e. The van der Waals surface area contributed by atoms with E-state index in [1.54, 1.807) is 0 Å². The summed E-state index contributed by atoms with van der Waals surface area (Å²) in [5.41, 5.74) is 9.26. The molecule has 1 fully saturated rings. The number of nitrogens with two attached hydrogens (primary N) is 1. The van der Waals surface area contributed by atoms with Crippen LogP contribution in [-0.4, -0.2) is 9.55 Å². The van der Waals surface area contributed by atoms with E-state index in [-0.39, 0.29) is 0 Å². The summed E-state index contributed by atoms with van der Waals surface area (Å²) in [7, 11) is 0. The third-order valence-corrected chi connectivity index (χ3v) is 4.07. The minimum absolute atomic E-state index is 0.585. The molecule has 1 aliphatic rings. The van der Waals surface area contributed by atoms with E-state index in [1.807, 2.05) is 0 Å². The first-order valence-electron chi connectivity index (χ1n) is 7.29. The van der Waals surface area contributed by atoms with Crippen LogP contribution in [0.25, 0.3) is 11.0 Å². The number of hydrogen-bond acceptors (Lipinski definition) is 2. The van der Waals surface area contributed by atoms with Gasteiger partial charge in [0.1, 0.15) is 5.82 Å². The van der Waals surface area contributed by atoms with Crippen molar-refractivity contribution in [3.05, 3.63) is 29.6 Å². The number of fused-ring (bicyclic) bond motifs is 1. The fourth-order valence-electron chi connectivity index (χ4n) is 2.84. The van der Waals surface area contributed by atoms with Crippen LogP contribution in [-0.2, 0) is 13.1 Å². The van der Waals surface area contributed by atoms with Gasteiger partial charge in [0, 0.05) is 19.0 Å². The lowest BCUT2D eigenvalue weighted by molar-refractivity contribution is 0.515. The molecule has 1 aliphatic carbocycles. The molecule has 102 valence electrons. The minimum atomic E-state index is 0.585. The predicted octanol–water partition coefficient (Wildman–Crippen LogP) is 3.27. The quantitative estimate of drug-likeness (QED) is 0.913. The molecule has 3 heteroatoms. The average molecular weight is 257 g/mol. The molecule has 1 aromatic carbocycles. The van der Waals surface area contributed by atoms with E-state index in [2.05, 4.69) is 43.5 Å². The summed E-state index contributed by atoms with van der Waals surface area (Å²) >= 11 is 0. The summed E-state index contributed by atoms with van der Waals surface area (Å²) in [5, 5.41) is 0. The molecular formula is C16H23N3. The fourth-order valence-corrected chi connectivity index (χ4v) is 2.84. The molecule has 3 nitrogen and oxygen atoms in total. The summed E-state index contributed by atoms with van der Waals surface area (Å²) in [6.45, 7) is 8.48. The third-order valence-electron chi connectivity index (χ3n) is 4.07. The van der Waals surface area contributed by atoms with Crippen LogP contribution in [0, 0.1) is 11.8 Å². The first-order chi connectivity index (χ1) is 9.10. The highest BCUT2D eigenvalue weighted by Crippen LogP contribution is 2.47. The van der Waals surface area contributed by atoms with E-state index in [0.717, 1.165) is 23.5 Å². The van der Waals surface area contributed by atoms with E-state index in [1.165, 1.54) is 17.8 Å². The predicted molar refractivity (Wildman–Crippen MR) is 79.0 cm³/mol.